The number of aliphatic hydroxyl groups excluding tert-OH is 1. The number of nitrogens with zero attached hydrogens (tertiary/aromatic N) is 2. The summed E-state index contributed by atoms with van der Waals surface area (Å²) in [6, 6.07) is 8.04. The number of aromatic nitrogens is 1. The Balaban J connectivity index is 1.65. The Morgan fingerprint density at radius 2 is 1.96 bits per heavy atom. The maximum Gasteiger partial charge on any atom is 0.318 e. The minimum Gasteiger partial charge on any atom is -0.393 e. The molecule has 1 aliphatic rings. The van der Waals surface area contributed by atoms with Crippen LogP contribution in [0.5, 0.6) is 0 Å². The molecule has 2 N–H and O–H groups in total. The van der Waals surface area contributed by atoms with Gasteiger partial charge in [-0.2, -0.15) is 0 Å². The van der Waals surface area contributed by atoms with E-state index in [-0.39, 0.29) is 18.2 Å². The number of amides is 2. The summed E-state index contributed by atoms with van der Waals surface area (Å²) in [5, 5.41) is 14.8. The molecule has 0 radical (unpaired) electrons. The number of aliphatic hydroxyl groups is 1. The fraction of sp³-hybridized carbons (Fsp3) is 0.444. The van der Waals surface area contributed by atoms with Crippen molar-refractivity contribution in [2.24, 2.45) is 0 Å². The predicted molar refractivity (Wildman–Crippen MR) is 94.6 cm³/mol. The number of urea groups is 1. The molecular weight excluding hydrogens is 322 g/mol. The van der Waals surface area contributed by atoms with Crippen LogP contribution in [0.3, 0.4) is 0 Å². The van der Waals surface area contributed by atoms with E-state index in [9.17, 15) is 9.90 Å². The standard InChI is InChI=1S/C18H23N3O2S/c22-16-5-3-15(4-6-16)20-18(23)21(13-17-2-1-11-24-17)12-14-7-9-19-10-8-14/h1-2,7-11,15-16,22H,3-6,12-13H2,(H,20,23). The van der Waals surface area contributed by atoms with Crippen molar-refractivity contribution in [1.82, 2.24) is 15.2 Å². The van der Waals surface area contributed by atoms with Crippen LogP contribution in [0, 0.1) is 0 Å². The lowest BCUT2D eigenvalue weighted by Crippen LogP contribution is -2.45. The van der Waals surface area contributed by atoms with Crippen molar-refractivity contribution in [1.29, 1.82) is 0 Å². The summed E-state index contributed by atoms with van der Waals surface area (Å²) < 4.78 is 0. The number of rotatable bonds is 5. The summed E-state index contributed by atoms with van der Waals surface area (Å²) in [7, 11) is 0. The highest BCUT2D eigenvalue weighted by atomic mass is 32.1. The second-order valence-corrected chi connectivity index (χ2v) is 7.28. The molecule has 2 amide bonds. The first-order valence-corrected chi connectivity index (χ1v) is 9.23. The molecule has 0 spiro atoms. The van der Waals surface area contributed by atoms with Gasteiger partial charge in [0.05, 0.1) is 12.6 Å². The van der Waals surface area contributed by atoms with Gasteiger partial charge in [-0.25, -0.2) is 4.79 Å². The van der Waals surface area contributed by atoms with E-state index in [1.54, 1.807) is 23.7 Å². The number of pyridine rings is 1. The average Bonchev–Trinajstić information content (AvgIpc) is 3.10. The van der Waals surface area contributed by atoms with Crippen molar-refractivity contribution in [2.75, 3.05) is 0 Å². The van der Waals surface area contributed by atoms with Gasteiger partial charge in [-0.15, -0.1) is 11.3 Å². The van der Waals surface area contributed by atoms with Crippen LogP contribution in [-0.4, -0.2) is 33.2 Å². The van der Waals surface area contributed by atoms with Crippen LogP contribution in [0.15, 0.2) is 42.0 Å². The van der Waals surface area contributed by atoms with E-state index >= 15 is 0 Å². The van der Waals surface area contributed by atoms with Gasteiger partial charge >= 0.3 is 6.03 Å². The Kier molecular flexibility index (Phi) is 5.82. The largest absolute Gasteiger partial charge is 0.393 e. The number of carbonyl (C=O) groups excluding carboxylic acids is 1. The summed E-state index contributed by atoms with van der Waals surface area (Å²) >= 11 is 1.66. The van der Waals surface area contributed by atoms with Crippen molar-refractivity contribution < 1.29 is 9.90 Å². The van der Waals surface area contributed by atoms with E-state index in [4.69, 9.17) is 0 Å². The summed E-state index contributed by atoms with van der Waals surface area (Å²) in [5.74, 6) is 0. The molecule has 3 rings (SSSR count). The van der Waals surface area contributed by atoms with Crippen molar-refractivity contribution in [3.63, 3.8) is 0 Å². The molecule has 2 aromatic rings. The van der Waals surface area contributed by atoms with Gasteiger partial charge < -0.3 is 15.3 Å². The lowest BCUT2D eigenvalue weighted by atomic mass is 9.93. The van der Waals surface area contributed by atoms with E-state index in [0.29, 0.717) is 13.1 Å². The van der Waals surface area contributed by atoms with Gasteiger partial charge in [0.25, 0.3) is 0 Å². The Bertz CT molecular complexity index is 625. The van der Waals surface area contributed by atoms with Crippen LogP contribution in [0.2, 0.25) is 0 Å². The molecule has 0 bridgehead atoms. The third-order valence-electron chi connectivity index (χ3n) is 4.36. The van der Waals surface area contributed by atoms with E-state index in [1.807, 2.05) is 28.5 Å². The first-order chi connectivity index (χ1) is 11.7. The molecule has 24 heavy (non-hydrogen) atoms. The number of carbonyl (C=O) groups is 1. The molecule has 128 valence electrons. The molecule has 1 fully saturated rings. The van der Waals surface area contributed by atoms with Gasteiger partial charge in [0.2, 0.25) is 0 Å². The molecule has 0 atom stereocenters. The summed E-state index contributed by atoms with van der Waals surface area (Å²) in [6.45, 7) is 1.16. The molecule has 2 heterocycles. The van der Waals surface area contributed by atoms with Crippen molar-refractivity contribution in [3.05, 3.63) is 52.5 Å². The van der Waals surface area contributed by atoms with Crippen LogP contribution >= 0.6 is 11.3 Å². The molecule has 2 aromatic heterocycles. The third kappa shape index (κ3) is 4.79. The topological polar surface area (TPSA) is 65.5 Å². The van der Waals surface area contributed by atoms with Crippen molar-refractivity contribution in [3.8, 4) is 0 Å². The quantitative estimate of drug-likeness (QED) is 0.875. The highest BCUT2D eigenvalue weighted by Crippen LogP contribution is 2.20. The smallest absolute Gasteiger partial charge is 0.318 e. The van der Waals surface area contributed by atoms with Crippen LogP contribution in [0.4, 0.5) is 4.79 Å². The monoisotopic (exact) mass is 345 g/mol. The maximum atomic E-state index is 12.8. The first kappa shape index (κ1) is 16.9. The highest BCUT2D eigenvalue weighted by Gasteiger charge is 2.23. The number of hydrogen-bond acceptors (Lipinski definition) is 4. The van der Waals surface area contributed by atoms with Gasteiger partial charge in [-0.1, -0.05) is 6.07 Å². The molecule has 0 saturated heterocycles. The van der Waals surface area contributed by atoms with E-state index in [0.717, 1.165) is 31.2 Å². The van der Waals surface area contributed by atoms with E-state index in [2.05, 4.69) is 16.4 Å². The Labute approximate surface area is 146 Å². The van der Waals surface area contributed by atoms with Crippen LogP contribution in [-0.2, 0) is 13.1 Å². The van der Waals surface area contributed by atoms with E-state index in [1.165, 1.54) is 4.88 Å². The third-order valence-corrected chi connectivity index (χ3v) is 5.22. The Morgan fingerprint density at radius 3 is 2.62 bits per heavy atom. The lowest BCUT2D eigenvalue weighted by Gasteiger charge is -2.30. The maximum absolute atomic E-state index is 12.8. The number of thiophene rings is 1. The molecule has 1 aliphatic carbocycles. The van der Waals surface area contributed by atoms with Gasteiger partial charge in [-0.3, -0.25) is 4.98 Å². The van der Waals surface area contributed by atoms with Crippen molar-refractivity contribution >= 4 is 17.4 Å². The minimum atomic E-state index is -0.211. The fourth-order valence-corrected chi connectivity index (χ4v) is 3.70. The second kappa shape index (κ2) is 8.26. The minimum absolute atomic E-state index is 0.0402. The molecule has 6 heteroatoms. The summed E-state index contributed by atoms with van der Waals surface area (Å²) in [5.41, 5.74) is 1.07. The SMILES string of the molecule is O=C(NC1CCC(O)CC1)N(Cc1ccncc1)Cc1cccs1. The van der Waals surface area contributed by atoms with Gasteiger partial charge in [0.1, 0.15) is 0 Å². The van der Waals surface area contributed by atoms with Crippen LogP contribution in [0.25, 0.3) is 0 Å². The zero-order valence-electron chi connectivity index (χ0n) is 13.6. The van der Waals surface area contributed by atoms with Crippen LogP contribution in [0.1, 0.15) is 36.1 Å². The second-order valence-electron chi connectivity index (χ2n) is 6.25. The number of hydrogen-bond donors (Lipinski definition) is 2. The Hall–Kier alpha value is -1.92. The van der Waals surface area contributed by atoms with Crippen molar-refractivity contribution in [2.45, 2.75) is 50.9 Å². The molecule has 0 aromatic carbocycles. The normalized spacial score (nSPS) is 20.5. The zero-order valence-corrected chi connectivity index (χ0v) is 14.4. The fourth-order valence-electron chi connectivity index (χ4n) is 2.98. The Morgan fingerprint density at radius 1 is 1.21 bits per heavy atom. The van der Waals surface area contributed by atoms with Gasteiger partial charge in [0.15, 0.2) is 0 Å². The summed E-state index contributed by atoms with van der Waals surface area (Å²) in [4.78, 5) is 19.8. The summed E-state index contributed by atoms with van der Waals surface area (Å²) in [6.07, 6.45) is 6.50. The lowest BCUT2D eigenvalue weighted by molar-refractivity contribution is 0.114. The molecule has 0 aliphatic heterocycles. The molecular formula is C18H23N3O2S. The highest BCUT2D eigenvalue weighted by molar-refractivity contribution is 7.09. The number of nitrogens with one attached hydrogen (secondary N) is 1. The average molecular weight is 345 g/mol. The molecule has 5 nitrogen and oxygen atoms in total. The van der Waals surface area contributed by atoms with Gasteiger partial charge in [-0.05, 0) is 54.8 Å². The molecule has 0 unspecified atom stereocenters. The van der Waals surface area contributed by atoms with E-state index < -0.39 is 0 Å². The van der Waals surface area contributed by atoms with Gasteiger partial charge in [0, 0.05) is 29.9 Å². The van der Waals surface area contributed by atoms with Crippen LogP contribution < -0.4 is 5.32 Å². The molecule has 1 saturated carbocycles. The first-order valence-electron chi connectivity index (χ1n) is 8.35. The predicted octanol–water partition coefficient (Wildman–Crippen LogP) is 3.16. The zero-order chi connectivity index (χ0) is 16.8.